The number of Topliss-reactive ketones (excluding diaryl/α,β-unsaturated/α-hetero) is 1. The summed E-state index contributed by atoms with van der Waals surface area (Å²) in [5, 5.41) is 33.2. The molecule has 218 valence electrons. The monoisotopic (exact) mass is 573 g/mol. The van der Waals surface area contributed by atoms with Crippen molar-refractivity contribution >= 4 is 29.2 Å². The minimum absolute atomic E-state index is 0.164. The molecule has 2 heterocycles. The zero-order valence-corrected chi connectivity index (χ0v) is 23.7. The quantitative estimate of drug-likeness (QED) is 0.350. The van der Waals surface area contributed by atoms with E-state index in [4.69, 9.17) is 4.74 Å². The summed E-state index contributed by atoms with van der Waals surface area (Å²) in [6.07, 6.45) is -6.04. The normalized spacial score (nSPS) is 34.6. The summed E-state index contributed by atoms with van der Waals surface area (Å²) in [5.74, 6) is -3.05. The Bertz CT molecular complexity index is 1110. The summed E-state index contributed by atoms with van der Waals surface area (Å²) in [6.45, 7) is 7.66. The Kier molecular flexibility index (Phi) is 9.84. The van der Waals surface area contributed by atoms with Crippen molar-refractivity contribution in [1.82, 2.24) is 4.98 Å². The van der Waals surface area contributed by atoms with E-state index in [1.54, 1.807) is 32.2 Å². The largest absolute Gasteiger partial charge is 0.457 e. The van der Waals surface area contributed by atoms with Gasteiger partial charge in [0, 0.05) is 23.3 Å². The van der Waals surface area contributed by atoms with E-state index >= 15 is 0 Å². The van der Waals surface area contributed by atoms with Gasteiger partial charge in [-0.1, -0.05) is 33.8 Å². The van der Waals surface area contributed by atoms with E-state index in [0.717, 1.165) is 6.08 Å². The molecule has 0 saturated heterocycles. The van der Waals surface area contributed by atoms with Gasteiger partial charge < -0.3 is 20.1 Å². The maximum absolute atomic E-state index is 14.0. The average molecular weight is 574 g/mol. The summed E-state index contributed by atoms with van der Waals surface area (Å²) in [6, 6.07) is 0. The fourth-order valence-corrected chi connectivity index (χ4v) is 5.96. The highest BCUT2D eigenvalue weighted by Crippen LogP contribution is 2.51. The zero-order chi connectivity index (χ0) is 29.3. The molecule has 1 aromatic rings. The van der Waals surface area contributed by atoms with Crippen molar-refractivity contribution in [2.45, 2.75) is 91.4 Å². The first-order valence-electron chi connectivity index (χ1n) is 13.2. The molecular formula is C28H38F3NO6S. The smallest absolute Gasteiger partial charge is 0.412 e. The molecule has 1 aromatic heterocycles. The number of esters is 1. The third kappa shape index (κ3) is 7.56. The Morgan fingerprint density at radius 2 is 1.90 bits per heavy atom. The van der Waals surface area contributed by atoms with Crippen molar-refractivity contribution in [2.24, 2.45) is 29.1 Å². The second-order valence-corrected chi connectivity index (χ2v) is 12.4. The number of allylic oxidation sites excluding steroid dienone is 1. The van der Waals surface area contributed by atoms with Gasteiger partial charge in [0.15, 0.2) is 0 Å². The van der Waals surface area contributed by atoms with Crippen LogP contribution in [0.15, 0.2) is 22.6 Å². The van der Waals surface area contributed by atoms with E-state index in [1.165, 1.54) is 25.2 Å². The topological polar surface area (TPSA) is 117 Å². The van der Waals surface area contributed by atoms with E-state index in [0.29, 0.717) is 22.7 Å². The molecule has 0 radical (unpaired) electrons. The summed E-state index contributed by atoms with van der Waals surface area (Å²) < 4.78 is 47.5. The lowest BCUT2D eigenvalue weighted by Gasteiger charge is -2.34. The number of hydrogen-bond donors (Lipinski definition) is 3. The number of nitrogens with zero attached hydrogens (tertiary/aromatic N) is 1. The van der Waals surface area contributed by atoms with Crippen molar-refractivity contribution in [3.05, 3.63) is 33.3 Å². The number of carbonyl (C=O) groups is 2. The first-order chi connectivity index (χ1) is 18.1. The number of aromatic nitrogens is 1. The lowest BCUT2D eigenvalue weighted by Crippen LogP contribution is -2.46. The Balaban J connectivity index is 1.98. The fourth-order valence-electron chi connectivity index (χ4n) is 5.35. The van der Waals surface area contributed by atoms with Crippen molar-refractivity contribution in [3.8, 4) is 0 Å². The van der Waals surface area contributed by atoms with Gasteiger partial charge in [-0.3, -0.25) is 9.59 Å². The van der Waals surface area contributed by atoms with Gasteiger partial charge in [-0.15, -0.1) is 11.3 Å². The van der Waals surface area contributed by atoms with Crippen LogP contribution >= 0.6 is 11.3 Å². The standard InChI is InChI=1S/C28H38F3NO6S/c1-14(8-19-13-39-23(12-33)32-19)21-7-6-18(28(29,30)31)9-17-10-20(17)15(2)25(36)16(3)26(37)27(4,5)22(34)11-24(35)38-21/h6,8,13,15-17,20-22,25,33-34,36H,7,9-12H2,1-5H3/b14-8?,18-6+/t15-,16+,17?,20?,21+,22-,25-/m0/s1. The average Bonchev–Trinajstić information content (AvgIpc) is 3.49. The molecule has 0 bridgehead atoms. The third-order valence-electron chi connectivity index (χ3n) is 8.23. The van der Waals surface area contributed by atoms with Crippen molar-refractivity contribution in [1.29, 1.82) is 0 Å². The number of fused-ring (bicyclic) bond motifs is 1. The summed E-state index contributed by atoms with van der Waals surface area (Å²) in [4.78, 5) is 30.4. The number of ketones is 1. The molecule has 3 N–H and O–H groups in total. The van der Waals surface area contributed by atoms with Crippen LogP contribution in [0.25, 0.3) is 6.08 Å². The second kappa shape index (κ2) is 12.2. The minimum Gasteiger partial charge on any atom is -0.457 e. The van der Waals surface area contributed by atoms with E-state index in [-0.39, 0.29) is 31.3 Å². The van der Waals surface area contributed by atoms with E-state index < -0.39 is 65.5 Å². The first kappa shape index (κ1) is 31.4. The second-order valence-electron chi connectivity index (χ2n) is 11.5. The molecule has 1 saturated carbocycles. The zero-order valence-electron chi connectivity index (χ0n) is 22.9. The number of thiazole rings is 1. The number of ether oxygens (including phenoxy) is 1. The first-order valence-corrected chi connectivity index (χ1v) is 14.0. The maximum Gasteiger partial charge on any atom is 0.412 e. The van der Waals surface area contributed by atoms with Gasteiger partial charge in [0.1, 0.15) is 16.9 Å². The summed E-state index contributed by atoms with van der Waals surface area (Å²) in [7, 11) is 0. The lowest BCUT2D eigenvalue weighted by molar-refractivity contribution is -0.154. The van der Waals surface area contributed by atoms with Gasteiger partial charge in [-0.2, -0.15) is 13.2 Å². The molecule has 11 heteroatoms. The van der Waals surface area contributed by atoms with Gasteiger partial charge >= 0.3 is 12.1 Å². The Hall–Kier alpha value is -2.08. The van der Waals surface area contributed by atoms with Gasteiger partial charge in [-0.25, -0.2) is 4.98 Å². The SMILES string of the molecule is CC(=Cc1csc(CO)n1)[C@H]1C/C=C(/C(F)(F)F)CC2CC2[C@H](C)[C@H](O)[C@@H](C)C(=O)C(C)(C)[C@@H](O)CC(=O)O1. The number of rotatable bonds is 3. The minimum atomic E-state index is -4.58. The van der Waals surface area contributed by atoms with Crippen LogP contribution in [-0.2, 0) is 20.9 Å². The van der Waals surface area contributed by atoms with Crippen LogP contribution in [0.4, 0.5) is 13.2 Å². The van der Waals surface area contributed by atoms with Crippen molar-refractivity contribution in [2.75, 3.05) is 0 Å². The fraction of sp³-hybridized carbons (Fsp3) is 0.679. The molecule has 0 aromatic carbocycles. The molecule has 1 aliphatic carbocycles. The van der Waals surface area contributed by atoms with Gasteiger partial charge in [0.2, 0.25) is 0 Å². The van der Waals surface area contributed by atoms with Gasteiger partial charge in [-0.05, 0) is 49.2 Å². The van der Waals surface area contributed by atoms with Crippen LogP contribution in [0.3, 0.4) is 0 Å². The van der Waals surface area contributed by atoms with Crippen LogP contribution < -0.4 is 0 Å². The van der Waals surface area contributed by atoms with Crippen LogP contribution in [0.1, 0.15) is 71.0 Å². The molecule has 1 aliphatic heterocycles. The highest BCUT2D eigenvalue weighted by atomic mass is 32.1. The molecule has 0 amide bonds. The highest BCUT2D eigenvalue weighted by molar-refractivity contribution is 7.09. The lowest BCUT2D eigenvalue weighted by atomic mass is 9.72. The van der Waals surface area contributed by atoms with Crippen LogP contribution in [-0.4, -0.2) is 56.5 Å². The molecule has 7 atom stereocenters. The van der Waals surface area contributed by atoms with Crippen LogP contribution in [0.2, 0.25) is 0 Å². The summed E-state index contributed by atoms with van der Waals surface area (Å²) >= 11 is 1.22. The Morgan fingerprint density at radius 3 is 2.49 bits per heavy atom. The van der Waals surface area contributed by atoms with Crippen molar-refractivity contribution in [3.63, 3.8) is 0 Å². The molecular weight excluding hydrogens is 535 g/mol. The highest BCUT2D eigenvalue weighted by Gasteiger charge is 2.49. The van der Waals surface area contributed by atoms with Crippen LogP contribution in [0.5, 0.6) is 0 Å². The molecule has 0 spiro atoms. The number of hydrogen-bond acceptors (Lipinski definition) is 8. The number of carbonyl (C=O) groups excluding carboxylic acids is 2. The number of aliphatic hydroxyl groups is 3. The van der Waals surface area contributed by atoms with E-state index in [9.17, 15) is 38.1 Å². The number of aliphatic hydroxyl groups excluding tert-OH is 3. The Labute approximate surface area is 230 Å². The Morgan fingerprint density at radius 1 is 1.23 bits per heavy atom. The van der Waals surface area contributed by atoms with Gasteiger partial charge in [0.25, 0.3) is 0 Å². The van der Waals surface area contributed by atoms with Crippen molar-refractivity contribution < 1.29 is 42.8 Å². The number of alkyl halides is 3. The van der Waals surface area contributed by atoms with E-state index in [1.807, 2.05) is 0 Å². The van der Waals surface area contributed by atoms with Gasteiger partial charge in [0.05, 0.1) is 36.3 Å². The van der Waals surface area contributed by atoms with Crippen LogP contribution in [0, 0.1) is 29.1 Å². The predicted molar refractivity (Wildman–Crippen MR) is 140 cm³/mol. The molecule has 7 nitrogen and oxygen atoms in total. The molecule has 3 rings (SSSR count). The van der Waals surface area contributed by atoms with E-state index in [2.05, 4.69) is 4.98 Å². The maximum atomic E-state index is 14.0. The molecule has 2 aliphatic rings. The predicted octanol–water partition coefficient (Wildman–Crippen LogP) is 4.85. The summed E-state index contributed by atoms with van der Waals surface area (Å²) in [5.41, 5.74) is -1.18. The molecule has 2 unspecified atom stereocenters. The molecule has 1 fully saturated rings. The number of halogens is 3. The third-order valence-corrected chi connectivity index (χ3v) is 9.08. The number of cyclic esters (lactones) is 1. The molecule has 39 heavy (non-hydrogen) atoms.